The molecule has 0 fully saturated rings. The first-order chi connectivity index (χ1) is 16.1. The molecule has 0 atom stereocenters. The highest BCUT2D eigenvalue weighted by molar-refractivity contribution is 7.18. The first-order valence-corrected chi connectivity index (χ1v) is 13.5. The lowest BCUT2D eigenvalue weighted by Gasteiger charge is -2.20. The monoisotopic (exact) mass is 496 g/mol. The molecule has 0 spiro atoms. The van der Waals surface area contributed by atoms with Gasteiger partial charge < -0.3 is 15.2 Å². The number of rotatable bonds is 16. The number of urea groups is 1. The van der Waals surface area contributed by atoms with Crippen molar-refractivity contribution in [2.24, 2.45) is 0 Å². The van der Waals surface area contributed by atoms with Gasteiger partial charge in [-0.2, -0.15) is 0 Å². The third-order valence-electron chi connectivity index (χ3n) is 5.49. The van der Waals surface area contributed by atoms with Gasteiger partial charge >= 0.3 is 18.0 Å². The maximum absolute atomic E-state index is 12.6. The molecule has 1 heterocycles. The zero-order chi connectivity index (χ0) is 25.6. The number of hydrogen-bond donors (Lipinski definition) is 3. The summed E-state index contributed by atoms with van der Waals surface area (Å²) in [6.07, 6.45) is 15.0. The van der Waals surface area contributed by atoms with Crippen LogP contribution in [-0.4, -0.2) is 35.2 Å². The Morgan fingerprint density at radius 3 is 1.85 bits per heavy atom. The summed E-state index contributed by atoms with van der Waals surface area (Å²) in [7, 11) is 0. The second-order valence-corrected chi connectivity index (χ2v) is 10.9. The average Bonchev–Trinajstić information content (AvgIpc) is 3.06. The number of carboxylic acid groups (broad SMARTS) is 1. The molecule has 0 aliphatic carbocycles. The van der Waals surface area contributed by atoms with E-state index >= 15 is 0 Å². The molecule has 34 heavy (non-hydrogen) atoms. The van der Waals surface area contributed by atoms with E-state index in [9.17, 15) is 19.5 Å². The summed E-state index contributed by atoms with van der Waals surface area (Å²) in [5, 5.41) is 15.0. The fourth-order valence-corrected chi connectivity index (χ4v) is 4.72. The first-order valence-electron chi connectivity index (χ1n) is 12.7. The largest absolute Gasteiger partial charge is 0.477 e. The number of amides is 2. The molecule has 3 N–H and O–H groups in total. The van der Waals surface area contributed by atoms with Gasteiger partial charge in [-0.1, -0.05) is 77.6 Å². The maximum Gasteiger partial charge on any atom is 0.346 e. The van der Waals surface area contributed by atoms with Crippen LogP contribution in [0, 0.1) is 6.92 Å². The summed E-state index contributed by atoms with van der Waals surface area (Å²) >= 11 is 0.867. The van der Waals surface area contributed by atoms with E-state index in [4.69, 9.17) is 4.74 Å². The molecular weight excluding hydrogens is 452 g/mol. The van der Waals surface area contributed by atoms with Crippen molar-refractivity contribution in [3.05, 3.63) is 16.0 Å². The number of unbranched alkanes of at least 4 members (excludes halogenated alkanes) is 11. The molecule has 1 rings (SSSR count). The highest BCUT2D eigenvalue weighted by atomic mass is 32.1. The zero-order valence-corrected chi connectivity index (χ0v) is 22.5. The van der Waals surface area contributed by atoms with Crippen LogP contribution >= 0.6 is 11.3 Å². The van der Waals surface area contributed by atoms with Crippen molar-refractivity contribution in [3.8, 4) is 0 Å². The van der Waals surface area contributed by atoms with Crippen molar-refractivity contribution >= 4 is 34.3 Å². The number of carbonyl (C=O) groups is 3. The third kappa shape index (κ3) is 11.9. The minimum absolute atomic E-state index is 0.0112. The molecule has 0 aromatic carbocycles. The summed E-state index contributed by atoms with van der Waals surface area (Å²) in [6.45, 7) is 9.53. The zero-order valence-electron chi connectivity index (χ0n) is 21.7. The number of hydrogen-bond acceptors (Lipinski definition) is 5. The van der Waals surface area contributed by atoms with Gasteiger partial charge in [-0.15, -0.1) is 11.3 Å². The smallest absolute Gasteiger partial charge is 0.346 e. The van der Waals surface area contributed by atoms with Gasteiger partial charge in [-0.25, -0.2) is 14.4 Å². The third-order valence-corrected chi connectivity index (χ3v) is 6.68. The summed E-state index contributed by atoms with van der Waals surface area (Å²) in [5.74, 6) is -1.79. The SMILES string of the molecule is CCCCCCCCCCCCCCNC(=O)Nc1sc(C(=O)O)c(C)c1C(=O)OC(C)(C)C. The Morgan fingerprint density at radius 1 is 0.882 bits per heavy atom. The Bertz CT molecular complexity index is 783. The van der Waals surface area contributed by atoms with E-state index in [-0.39, 0.29) is 15.4 Å². The Hall–Kier alpha value is -2.09. The molecule has 0 unspecified atom stereocenters. The van der Waals surface area contributed by atoms with Crippen LogP contribution in [-0.2, 0) is 4.74 Å². The quantitative estimate of drug-likeness (QED) is 0.162. The molecule has 1 aromatic rings. The fourth-order valence-electron chi connectivity index (χ4n) is 3.70. The van der Waals surface area contributed by atoms with Crippen LogP contribution in [0.1, 0.15) is 130 Å². The van der Waals surface area contributed by atoms with E-state index in [1.807, 2.05) is 0 Å². The molecular formula is C26H44N2O5S. The van der Waals surface area contributed by atoms with Crippen LogP contribution in [0.3, 0.4) is 0 Å². The summed E-state index contributed by atoms with van der Waals surface area (Å²) in [5.41, 5.74) is -0.343. The minimum Gasteiger partial charge on any atom is -0.477 e. The predicted octanol–water partition coefficient (Wildman–Crippen LogP) is 7.53. The number of esters is 1. The van der Waals surface area contributed by atoms with Gasteiger partial charge in [0.05, 0.1) is 5.56 Å². The van der Waals surface area contributed by atoms with E-state index in [1.165, 1.54) is 57.8 Å². The lowest BCUT2D eigenvalue weighted by atomic mass is 10.1. The molecule has 0 radical (unpaired) electrons. The number of carboxylic acids is 1. The number of nitrogens with one attached hydrogen (secondary N) is 2. The topological polar surface area (TPSA) is 105 Å². The number of carbonyl (C=O) groups excluding carboxylic acids is 2. The van der Waals surface area contributed by atoms with Crippen molar-refractivity contribution in [3.63, 3.8) is 0 Å². The standard InChI is InChI=1S/C26H44N2O5S/c1-6-7-8-9-10-11-12-13-14-15-16-17-18-27-25(32)28-22-20(24(31)33-26(3,4)5)19(2)21(34-22)23(29)30/h6-18H2,1-5H3,(H,29,30)(H2,27,28,32). The van der Waals surface area contributed by atoms with Crippen LogP contribution in [0.15, 0.2) is 0 Å². The lowest BCUT2D eigenvalue weighted by Crippen LogP contribution is -2.30. The molecule has 0 saturated heterocycles. The second-order valence-electron chi connectivity index (χ2n) is 9.84. The highest BCUT2D eigenvalue weighted by Crippen LogP contribution is 2.34. The summed E-state index contributed by atoms with van der Waals surface area (Å²) in [4.78, 5) is 36.5. The van der Waals surface area contributed by atoms with E-state index in [0.29, 0.717) is 12.1 Å². The Labute approximate surface area is 209 Å². The van der Waals surface area contributed by atoms with Crippen LogP contribution in [0.4, 0.5) is 9.80 Å². The van der Waals surface area contributed by atoms with Crippen molar-refractivity contribution < 1.29 is 24.2 Å². The second kappa shape index (κ2) is 15.7. The van der Waals surface area contributed by atoms with Gasteiger partial charge in [0.1, 0.15) is 15.5 Å². The summed E-state index contributed by atoms with van der Waals surface area (Å²) < 4.78 is 5.41. The number of thiophene rings is 1. The van der Waals surface area contributed by atoms with E-state index in [1.54, 1.807) is 27.7 Å². The highest BCUT2D eigenvalue weighted by Gasteiger charge is 2.29. The predicted molar refractivity (Wildman–Crippen MR) is 139 cm³/mol. The Kier molecular flexibility index (Phi) is 13.9. The molecule has 0 aliphatic heterocycles. The lowest BCUT2D eigenvalue weighted by molar-refractivity contribution is 0.00705. The van der Waals surface area contributed by atoms with Crippen molar-refractivity contribution in [2.75, 3.05) is 11.9 Å². The number of anilines is 1. The van der Waals surface area contributed by atoms with Gasteiger partial charge in [0, 0.05) is 6.54 Å². The van der Waals surface area contributed by atoms with Gasteiger partial charge in [0.15, 0.2) is 0 Å². The molecule has 2 amide bonds. The first kappa shape index (κ1) is 29.9. The average molecular weight is 497 g/mol. The van der Waals surface area contributed by atoms with Gasteiger partial charge in [-0.3, -0.25) is 5.32 Å². The van der Waals surface area contributed by atoms with Crippen LogP contribution in [0.2, 0.25) is 0 Å². The fraction of sp³-hybridized carbons (Fsp3) is 0.731. The van der Waals surface area contributed by atoms with Crippen molar-refractivity contribution in [1.82, 2.24) is 5.32 Å². The van der Waals surface area contributed by atoms with E-state index < -0.39 is 23.6 Å². The van der Waals surface area contributed by atoms with Gasteiger partial charge in [-0.05, 0) is 39.7 Å². The molecule has 7 nitrogen and oxygen atoms in total. The molecule has 0 bridgehead atoms. The van der Waals surface area contributed by atoms with E-state index in [0.717, 1.165) is 30.6 Å². The number of aromatic carboxylic acids is 1. The number of ether oxygens (including phenoxy) is 1. The van der Waals surface area contributed by atoms with E-state index in [2.05, 4.69) is 17.6 Å². The Balaban J connectivity index is 2.37. The van der Waals surface area contributed by atoms with Gasteiger partial charge in [0.2, 0.25) is 0 Å². The van der Waals surface area contributed by atoms with Crippen LogP contribution in [0.5, 0.6) is 0 Å². The Morgan fingerprint density at radius 2 is 1.38 bits per heavy atom. The molecule has 0 aliphatic rings. The van der Waals surface area contributed by atoms with Crippen LogP contribution in [0.25, 0.3) is 0 Å². The minimum atomic E-state index is -1.14. The summed E-state index contributed by atoms with van der Waals surface area (Å²) in [6, 6.07) is -0.453. The van der Waals surface area contributed by atoms with Gasteiger partial charge in [0.25, 0.3) is 0 Å². The molecule has 8 heteroatoms. The normalized spacial score (nSPS) is 11.3. The van der Waals surface area contributed by atoms with Crippen molar-refractivity contribution in [2.45, 2.75) is 117 Å². The van der Waals surface area contributed by atoms with Crippen LogP contribution < -0.4 is 10.6 Å². The van der Waals surface area contributed by atoms with Crippen molar-refractivity contribution in [1.29, 1.82) is 0 Å². The molecule has 1 aromatic heterocycles. The molecule has 194 valence electrons. The maximum atomic E-state index is 12.6. The molecule has 0 saturated carbocycles.